The molecule has 1 amide bonds. The topological polar surface area (TPSA) is 69.7 Å². The largest absolute Gasteiger partial charge is 0.325 e. The van der Waals surface area contributed by atoms with Crippen LogP contribution in [0.2, 0.25) is 0 Å². The van der Waals surface area contributed by atoms with Crippen LogP contribution in [-0.4, -0.2) is 67.0 Å². The predicted octanol–water partition coefficient (Wildman–Crippen LogP) is 1.60. The first-order chi connectivity index (χ1) is 11.9. The van der Waals surface area contributed by atoms with E-state index < -0.39 is 16.1 Å². The Balaban J connectivity index is 1.64. The van der Waals surface area contributed by atoms with Crippen molar-refractivity contribution in [2.24, 2.45) is 0 Å². The summed E-state index contributed by atoms with van der Waals surface area (Å²) in [5, 5.41) is 2.90. The van der Waals surface area contributed by atoms with Crippen molar-refractivity contribution in [3.05, 3.63) is 29.8 Å². The molecule has 0 radical (unpaired) electrons. The molecule has 0 aromatic heterocycles. The van der Waals surface area contributed by atoms with Gasteiger partial charge in [0.1, 0.15) is 6.04 Å². The second-order valence-corrected chi connectivity index (χ2v) is 9.77. The number of thioether (sulfide) groups is 1. The minimum absolute atomic E-state index is 0.241. The SMILES string of the molecule is CS(=O)(=O)N1CCC[C@H]1C(=O)Nc1cccc(CN2CCSCC2)c1. The van der Waals surface area contributed by atoms with Crippen molar-refractivity contribution >= 4 is 33.4 Å². The number of nitrogens with one attached hydrogen (secondary N) is 1. The van der Waals surface area contributed by atoms with Crippen LogP contribution in [0.5, 0.6) is 0 Å². The highest BCUT2D eigenvalue weighted by molar-refractivity contribution is 7.99. The fourth-order valence-corrected chi connectivity index (χ4v) is 5.49. The molecule has 0 aliphatic carbocycles. The van der Waals surface area contributed by atoms with Crippen molar-refractivity contribution in [2.75, 3.05) is 42.7 Å². The van der Waals surface area contributed by atoms with Crippen LogP contribution in [0.25, 0.3) is 0 Å². The van der Waals surface area contributed by atoms with Gasteiger partial charge in [-0.25, -0.2) is 8.42 Å². The van der Waals surface area contributed by atoms with Crippen molar-refractivity contribution in [1.82, 2.24) is 9.21 Å². The van der Waals surface area contributed by atoms with Crippen LogP contribution in [0.3, 0.4) is 0 Å². The monoisotopic (exact) mass is 383 g/mol. The average Bonchev–Trinajstić information content (AvgIpc) is 3.06. The molecule has 2 fully saturated rings. The van der Waals surface area contributed by atoms with Gasteiger partial charge in [-0.3, -0.25) is 9.69 Å². The van der Waals surface area contributed by atoms with E-state index in [2.05, 4.69) is 16.3 Å². The Labute approximate surface area is 154 Å². The minimum atomic E-state index is -3.35. The van der Waals surface area contributed by atoms with Gasteiger partial charge in [0, 0.05) is 43.4 Å². The van der Waals surface area contributed by atoms with Crippen molar-refractivity contribution in [3.63, 3.8) is 0 Å². The smallest absolute Gasteiger partial charge is 0.242 e. The Kier molecular flexibility index (Phi) is 6.04. The van der Waals surface area contributed by atoms with Crippen molar-refractivity contribution in [2.45, 2.75) is 25.4 Å². The van der Waals surface area contributed by atoms with E-state index in [0.717, 1.165) is 43.6 Å². The lowest BCUT2D eigenvalue weighted by molar-refractivity contribution is -0.119. The quantitative estimate of drug-likeness (QED) is 0.836. The van der Waals surface area contributed by atoms with Gasteiger partial charge >= 0.3 is 0 Å². The zero-order valence-electron chi connectivity index (χ0n) is 14.5. The van der Waals surface area contributed by atoms with Gasteiger partial charge in [-0.05, 0) is 30.5 Å². The fraction of sp³-hybridized carbons (Fsp3) is 0.588. The first kappa shape index (κ1) is 18.7. The van der Waals surface area contributed by atoms with Crippen LogP contribution in [0, 0.1) is 0 Å². The van der Waals surface area contributed by atoms with Crippen LogP contribution in [-0.2, 0) is 21.4 Å². The number of sulfonamides is 1. The third kappa shape index (κ3) is 4.97. The van der Waals surface area contributed by atoms with E-state index in [4.69, 9.17) is 0 Å². The number of anilines is 1. The average molecular weight is 384 g/mol. The molecule has 1 N–H and O–H groups in total. The summed E-state index contributed by atoms with van der Waals surface area (Å²) in [6, 6.07) is 7.24. The maximum Gasteiger partial charge on any atom is 0.242 e. The van der Waals surface area contributed by atoms with Gasteiger partial charge in [0.05, 0.1) is 6.26 Å². The summed E-state index contributed by atoms with van der Waals surface area (Å²) in [6.07, 6.45) is 2.46. The number of carbonyl (C=O) groups excluding carboxylic acids is 1. The van der Waals surface area contributed by atoms with E-state index in [1.165, 1.54) is 15.8 Å². The van der Waals surface area contributed by atoms with Gasteiger partial charge in [0.15, 0.2) is 0 Å². The highest BCUT2D eigenvalue weighted by atomic mass is 32.2. The van der Waals surface area contributed by atoms with Gasteiger partial charge in [-0.2, -0.15) is 16.1 Å². The summed E-state index contributed by atoms with van der Waals surface area (Å²) < 4.78 is 24.9. The lowest BCUT2D eigenvalue weighted by atomic mass is 10.1. The minimum Gasteiger partial charge on any atom is -0.325 e. The molecular formula is C17H25N3O3S2. The molecule has 0 unspecified atom stereocenters. The van der Waals surface area contributed by atoms with E-state index in [1.807, 2.05) is 30.0 Å². The molecule has 2 aliphatic rings. The number of carbonyl (C=O) groups is 1. The number of amides is 1. The Morgan fingerprint density at radius 3 is 2.76 bits per heavy atom. The second kappa shape index (κ2) is 8.07. The molecule has 1 aromatic rings. The Bertz CT molecular complexity index is 718. The Morgan fingerprint density at radius 2 is 2.04 bits per heavy atom. The molecule has 8 heteroatoms. The zero-order valence-corrected chi connectivity index (χ0v) is 16.1. The highest BCUT2D eigenvalue weighted by Crippen LogP contribution is 2.22. The van der Waals surface area contributed by atoms with Crippen molar-refractivity contribution < 1.29 is 13.2 Å². The Hall–Kier alpha value is -1.09. The van der Waals surface area contributed by atoms with Crippen LogP contribution in [0.4, 0.5) is 5.69 Å². The van der Waals surface area contributed by atoms with Gasteiger partial charge in [-0.15, -0.1) is 0 Å². The molecule has 0 spiro atoms. The molecule has 2 aliphatic heterocycles. The summed E-state index contributed by atoms with van der Waals surface area (Å²) in [5.41, 5.74) is 1.89. The van der Waals surface area contributed by atoms with E-state index in [0.29, 0.717) is 13.0 Å². The molecule has 1 aromatic carbocycles. The van der Waals surface area contributed by atoms with Crippen molar-refractivity contribution in [3.8, 4) is 0 Å². The maximum absolute atomic E-state index is 12.5. The molecule has 1 atom stereocenters. The summed E-state index contributed by atoms with van der Waals surface area (Å²) >= 11 is 1.98. The first-order valence-electron chi connectivity index (χ1n) is 8.60. The van der Waals surface area contributed by atoms with Gasteiger partial charge < -0.3 is 5.32 Å². The van der Waals surface area contributed by atoms with Crippen LogP contribution >= 0.6 is 11.8 Å². The molecule has 0 saturated carbocycles. The van der Waals surface area contributed by atoms with Gasteiger partial charge in [-0.1, -0.05) is 12.1 Å². The predicted molar refractivity (Wildman–Crippen MR) is 102 cm³/mol. The normalized spacial score (nSPS) is 22.8. The van der Waals surface area contributed by atoms with Gasteiger partial charge in [0.2, 0.25) is 15.9 Å². The maximum atomic E-state index is 12.5. The standard InChI is InChI=1S/C17H25N3O3S2/c1-25(22,23)20-7-3-6-16(20)17(21)18-15-5-2-4-14(12-15)13-19-8-10-24-11-9-19/h2,4-5,12,16H,3,6-11,13H2,1H3,(H,18,21)/t16-/m0/s1. The summed E-state index contributed by atoms with van der Waals surface area (Å²) in [6.45, 7) is 3.48. The third-order valence-electron chi connectivity index (χ3n) is 4.64. The Morgan fingerprint density at radius 1 is 1.28 bits per heavy atom. The first-order valence-corrected chi connectivity index (χ1v) is 11.6. The number of hydrogen-bond acceptors (Lipinski definition) is 5. The highest BCUT2D eigenvalue weighted by Gasteiger charge is 2.36. The molecule has 3 rings (SSSR count). The van der Waals surface area contributed by atoms with Gasteiger partial charge in [0.25, 0.3) is 0 Å². The van der Waals surface area contributed by atoms with Crippen LogP contribution in [0.1, 0.15) is 18.4 Å². The van der Waals surface area contributed by atoms with Crippen molar-refractivity contribution in [1.29, 1.82) is 0 Å². The lowest BCUT2D eigenvalue weighted by Gasteiger charge is -2.26. The molecule has 2 saturated heterocycles. The molecule has 138 valence electrons. The van der Waals surface area contributed by atoms with Crippen LogP contribution < -0.4 is 5.32 Å². The fourth-order valence-electron chi connectivity index (χ4n) is 3.39. The zero-order chi connectivity index (χ0) is 17.9. The molecule has 0 bridgehead atoms. The van der Waals surface area contributed by atoms with E-state index in [9.17, 15) is 13.2 Å². The number of nitrogens with zero attached hydrogens (tertiary/aromatic N) is 2. The molecule has 2 heterocycles. The summed E-state index contributed by atoms with van der Waals surface area (Å²) in [5.74, 6) is 2.09. The van der Waals surface area contributed by atoms with Crippen LogP contribution in [0.15, 0.2) is 24.3 Å². The lowest BCUT2D eigenvalue weighted by Crippen LogP contribution is -2.42. The van der Waals surface area contributed by atoms with E-state index in [-0.39, 0.29) is 5.91 Å². The summed E-state index contributed by atoms with van der Waals surface area (Å²) in [4.78, 5) is 15.0. The van der Waals surface area contributed by atoms with E-state index >= 15 is 0 Å². The molecule has 6 nitrogen and oxygen atoms in total. The summed E-state index contributed by atoms with van der Waals surface area (Å²) in [7, 11) is -3.35. The number of rotatable bonds is 5. The molecule has 25 heavy (non-hydrogen) atoms. The van der Waals surface area contributed by atoms with E-state index in [1.54, 1.807) is 0 Å². The number of benzene rings is 1. The molecular weight excluding hydrogens is 358 g/mol. The second-order valence-electron chi connectivity index (χ2n) is 6.61. The number of hydrogen-bond donors (Lipinski definition) is 1. The third-order valence-corrected chi connectivity index (χ3v) is 6.87.